The second-order valence-electron chi connectivity index (χ2n) is 11.8. The van der Waals surface area contributed by atoms with Gasteiger partial charge in [-0.1, -0.05) is 36.4 Å². The van der Waals surface area contributed by atoms with E-state index in [1.807, 2.05) is 49.0 Å². The number of aromatic amines is 1. The molecule has 7 nitrogen and oxygen atoms in total. The molecule has 38 heavy (non-hydrogen) atoms. The molecule has 0 aliphatic carbocycles. The van der Waals surface area contributed by atoms with Crippen molar-refractivity contribution in [3.63, 3.8) is 0 Å². The van der Waals surface area contributed by atoms with Crippen LogP contribution in [0.15, 0.2) is 59.5 Å². The van der Waals surface area contributed by atoms with Crippen molar-refractivity contribution in [1.82, 2.24) is 30.4 Å². The summed E-state index contributed by atoms with van der Waals surface area (Å²) in [7, 11) is 0. The van der Waals surface area contributed by atoms with E-state index in [0.29, 0.717) is 19.6 Å². The summed E-state index contributed by atoms with van der Waals surface area (Å²) in [5, 5.41) is 13.0. The Hall–Kier alpha value is -3.55. The molecule has 198 valence electrons. The molecular formula is C31H38N6O. The van der Waals surface area contributed by atoms with Crippen molar-refractivity contribution in [2.75, 3.05) is 0 Å². The van der Waals surface area contributed by atoms with Gasteiger partial charge in [0, 0.05) is 40.8 Å². The molecule has 3 aromatic heterocycles. The highest BCUT2D eigenvalue weighted by Gasteiger charge is 2.33. The Bertz CT molecular complexity index is 1560. The van der Waals surface area contributed by atoms with Crippen molar-refractivity contribution < 1.29 is 0 Å². The number of rotatable bonds is 7. The quantitative estimate of drug-likeness (QED) is 0.325. The predicted molar refractivity (Wildman–Crippen MR) is 154 cm³/mol. The zero-order valence-electron chi connectivity index (χ0n) is 23.3. The number of benzene rings is 1. The van der Waals surface area contributed by atoms with Gasteiger partial charge in [0.15, 0.2) is 5.65 Å². The van der Waals surface area contributed by atoms with E-state index in [4.69, 9.17) is 10.1 Å². The molecule has 1 aromatic carbocycles. The van der Waals surface area contributed by atoms with Gasteiger partial charge in [-0.3, -0.25) is 4.79 Å². The van der Waals surface area contributed by atoms with Gasteiger partial charge in [-0.15, -0.1) is 0 Å². The Kier molecular flexibility index (Phi) is 6.84. The smallest absolute Gasteiger partial charge is 0.252 e. The van der Waals surface area contributed by atoms with Crippen LogP contribution in [0.2, 0.25) is 0 Å². The van der Waals surface area contributed by atoms with E-state index >= 15 is 0 Å². The van der Waals surface area contributed by atoms with Gasteiger partial charge in [0.2, 0.25) is 0 Å². The number of aromatic nitrogens is 4. The fourth-order valence-electron chi connectivity index (χ4n) is 5.80. The maximum atomic E-state index is 12.5. The third-order valence-electron chi connectivity index (χ3n) is 7.14. The molecule has 0 fully saturated rings. The van der Waals surface area contributed by atoms with Crippen LogP contribution in [0, 0.1) is 13.8 Å². The Balaban J connectivity index is 1.53. The normalized spacial score (nSPS) is 16.5. The highest BCUT2D eigenvalue weighted by molar-refractivity contribution is 5.82. The molecule has 0 atom stereocenters. The molecular weight excluding hydrogens is 472 g/mol. The Labute approximate surface area is 224 Å². The van der Waals surface area contributed by atoms with Gasteiger partial charge in [0.25, 0.3) is 5.56 Å². The minimum atomic E-state index is -0.138. The van der Waals surface area contributed by atoms with Crippen LogP contribution in [0.5, 0.6) is 0 Å². The molecule has 4 aromatic rings. The standard InChI is InChI=1S/C31H38N6O/c1-20-12-21(2)34-29(38)25(20)17-32-16-23-13-27(24-14-30(3,4)36-31(5,6)15-24)35-28-26(23)18-33-37(28)19-22-10-8-7-9-11-22/h7-14,18,32,36H,15-17,19H2,1-6H3,(H,34,38). The largest absolute Gasteiger partial charge is 0.326 e. The summed E-state index contributed by atoms with van der Waals surface area (Å²) in [6, 6.07) is 14.6. The van der Waals surface area contributed by atoms with Crippen molar-refractivity contribution in [1.29, 1.82) is 0 Å². The number of H-pyrrole nitrogens is 1. The van der Waals surface area contributed by atoms with Crippen LogP contribution in [0.1, 0.15) is 67.8 Å². The monoisotopic (exact) mass is 510 g/mol. The van der Waals surface area contributed by atoms with Crippen LogP contribution in [-0.4, -0.2) is 30.8 Å². The van der Waals surface area contributed by atoms with E-state index in [2.05, 4.69) is 67.6 Å². The van der Waals surface area contributed by atoms with Gasteiger partial charge in [0.1, 0.15) is 0 Å². The lowest BCUT2D eigenvalue weighted by atomic mass is 9.82. The minimum Gasteiger partial charge on any atom is -0.326 e. The number of hydrogen-bond acceptors (Lipinski definition) is 5. The lowest BCUT2D eigenvalue weighted by Crippen LogP contribution is -2.53. The first kappa shape index (κ1) is 26.1. The van der Waals surface area contributed by atoms with Crippen molar-refractivity contribution in [2.24, 2.45) is 0 Å². The second kappa shape index (κ2) is 9.97. The Morgan fingerprint density at radius 1 is 1.05 bits per heavy atom. The summed E-state index contributed by atoms with van der Waals surface area (Å²) in [5.41, 5.74) is 7.84. The molecule has 0 unspecified atom stereocenters. The van der Waals surface area contributed by atoms with Crippen LogP contribution < -0.4 is 16.2 Å². The summed E-state index contributed by atoms with van der Waals surface area (Å²) in [4.78, 5) is 20.6. The third-order valence-corrected chi connectivity index (χ3v) is 7.14. The second-order valence-corrected chi connectivity index (χ2v) is 11.8. The summed E-state index contributed by atoms with van der Waals surface area (Å²) < 4.78 is 1.99. The number of nitrogens with zero attached hydrogens (tertiary/aromatic N) is 3. The van der Waals surface area contributed by atoms with Gasteiger partial charge in [-0.05, 0) is 82.4 Å². The summed E-state index contributed by atoms with van der Waals surface area (Å²) in [5.74, 6) is 0. The van der Waals surface area contributed by atoms with Crippen LogP contribution in [0.25, 0.3) is 16.6 Å². The van der Waals surface area contributed by atoms with Gasteiger partial charge in [-0.25, -0.2) is 9.67 Å². The Morgan fingerprint density at radius 2 is 1.82 bits per heavy atom. The summed E-state index contributed by atoms with van der Waals surface area (Å²) in [6.45, 7) is 14.5. The highest BCUT2D eigenvalue weighted by atomic mass is 16.1. The summed E-state index contributed by atoms with van der Waals surface area (Å²) >= 11 is 0. The molecule has 7 heteroatoms. The number of hydrogen-bond donors (Lipinski definition) is 3. The van der Waals surface area contributed by atoms with Crippen LogP contribution >= 0.6 is 0 Å². The molecule has 0 radical (unpaired) electrons. The van der Waals surface area contributed by atoms with Crippen LogP contribution in [0.4, 0.5) is 0 Å². The first-order valence-corrected chi connectivity index (χ1v) is 13.3. The van der Waals surface area contributed by atoms with E-state index in [-0.39, 0.29) is 16.6 Å². The van der Waals surface area contributed by atoms with E-state index in [1.54, 1.807) is 0 Å². The van der Waals surface area contributed by atoms with Crippen molar-refractivity contribution >= 4 is 16.6 Å². The SMILES string of the molecule is Cc1cc(C)c(CNCc2cc(C3=CC(C)(C)NC(C)(C)C3)nc3c2cnn3Cc2ccccc2)c(=O)[nH]1. The summed E-state index contributed by atoms with van der Waals surface area (Å²) in [6.07, 6.45) is 5.10. The topological polar surface area (TPSA) is 87.6 Å². The van der Waals surface area contributed by atoms with Gasteiger partial charge in [-0.2, -0.15) is 5.10 Å². The molecule has 0 amide bonds. The number of nitrogens with one attached hydrogen (secondary N) is 3. The predicted octanol–water partition coefficient (Wildman–Crippen LogP) is 5.01. The lowest BCUT2D eigenvalue weighted by molar-refractivity contribution is 0.297. The zero-order chi connectivity index (χ0) is 27.1. The molecule has 1 aliphatic heterocycles. The maximum Gasteiger partial charge on any atom is 0.252 e. The first-order chi connectivity index (χ1) is 18.0. The maximum absolute atomic E-state index is 12.5. The molecule has 0 spiro atoms. The lowest BCUT2D eigenvalue weighted by Gasteiger charge is -2.41. The third kappa shape index (κ3) is 5.64. The molecule has 3 N–H and O–H groups in total. The van der Waals surface area contributed by atoms with E-state index in [9.17, 15) is 4.79 Å². The van der Waals surface area contributed by atoms with E-state index in [0.717, 1.165) is 45.5 Å². The fraction of sp³-hybridized carbons (Fsp3) is 0.387. The molecule has 4 heterocycles. The molecule has 1 aliphatic rings. The number of pyridine rings is 2. The first-order valence-electron chi connectivity index (χ1n) is 13.3. The minimum absolute atomic E-state index is 0.0319. The van der Waals surface area contributed by atoms with Gasteiger partial charge in [0.05, 0.1) is 18.4 Å². The molecule has 0 saturated heterocycles. The number of aryl methyl sites for hydroxylation is 2. The van der Waals surface area contributed by atoms with Gasteiger partial charge < -0.3 is 15.6 Å². The highest BCUT2D eigenvalue weighted by Crippen LogP contribution is 2.34. The zero-order valence-corrected chi connectivity index (χ0v) is 23.3. The average molecular weight is 511 g/mol. The van der Waals surface area contributed by atoms with Crippen molar-refractivity contribution in [3.8, 4) is 0 Å². The van der Waals surface area contributed by atoms with Crippen molar-refractivity contribution in [2.45, 2.75) is 78.7 Å². The number of fused-ring (bicyclic) bond motifs is 1. The fourth-order valence-corrected chi connectivity index (χ4v) is 5.80. The molecule has 0 saturated carbocycles. The van der Waals surface area contributed by atoms with Gasteiger partial charge >= 0.3 is 0 Å². The van der Waals surface area contributed by atoms with E-state index in [1.165, 1.54) is 11.1 Å². The van der Waals surface area contributed by atoms with Crippen molar-refractivity contribution in [3.05, 3.63) is 98.7 Å². The molecule has 0 bridgehead atoms. The van der Waals surface area contributed by atoms with Crippen LogP contribution in [-0.2, 0) is 19.6 Å². The molecule has 5 rings (SSSR count). The van der Waals surface area contributed by atoms with Crippen LogP contribution in [0.3, 0.4) is 0 Å². The Morgan fingerprint density at radius 3 is 2.53 bits per heavy atom. The average Bonchev–Trinajstić information content (AvgIpc) is 3.22. The van der Waals surface area contributed by atoms with E-state index < -0.39 is 0 Å².